The summed E-state index contributed by atoms with van der Waals surface area (Å²) in [4.78, 5) is 27.5. The number of carboxylic acids is 1. The summed E-state index contributed by atoms with van der Waals surface area (Å²) in [7, 11) is -8.66. The zero-order chi connectivity index (χ0) is 13.2. The van der Waals surface area contributed by atoms with Crippen molar-refractivity contribution in [3.8, 4) is 0 Å². The molecule has 0 aliphatic heterocycles. The minimum atomic E-state index is -4.66. The second-order valence-corrected chi connectivity index (χ2v) is 8.10. The van der Waals surface area contributed by atoms with Crippen LogP contribution in [0.1, 0.15) is 13.3 Å². The van der Waals surface area contributed by atoms with Gasteiger partial charge in [-0.2, -0.15) is 0 Å². The number of carbonyl (C=O) groups is 1. The summed E-state index contributed by atoms with van der Waals surface area (Å²) in [6.45, 7) is 1.18. The van der Waals surface area contributed by atoms with Crippen molar-refractivity contribution in [2.75, 3.05) is 11.2 Å². The van der Waals surface area contributed by atoms with Crippen LogP contribution in [0.25, 0.3) is 0 Å². The summed E-state index contributed by atoms with van der Waals surface area (Å²) in [6, 6.07) is 0. The second kappa shape index (κ2) is 4.80. The Morgan fingerprint density at radius 3 is 2.25 bits per heavy atom. The first-order valence-electron chi connectivity index (χ1n) is 4.17. The van der Waals surface area contributed by atoms with Crippen LogP contribution in [0.15, 0.2) is 0 Å². The molecule has 0 aromatic heterocycles. The molecule has 0 saturated carbocycles. The van der Waals surface area contributed by atoms with Crippen LogP contribution in [0.3, 0.4) is 0 Å². The number of carboxylic acid groups (broad SMARTS) is 1. The third kappa shape index (κ3) is 6.19. The molecule has 0 fully saturated rings. The maximum atomic E-state index is 11.2. The van der Waals surface area contributed by atoms with Crippen molar-refractivity contribution in [3.63, 3.8) is 0 Å². The summed E-state index contributed by atoms with van der Waals surface area (Å²) in [5, 5.41) is 10.5. The summed E-state index contributed by atoms with van der Waals surface area (Å²) in [5.41, 5.74) is 0.365. The van der Waals surface area contributed by atoms with Crippen molar-refractivity contribution in [2.45, 2.75) is 18.9 Å². The molecule has 0 spiro atoms. The van der Waals surface area contributed by atoms with Crippen molar-refractivity contribution in [1.29, 1.82) is 0 Å². The van der Waals surface area contributed by atoms with Crippen molar-refractivity contribution < 1.29 is 38.4 Å². The van der Waals surface area contributed by atoms with Crippen molar-refractivity contribution in [1.82, 2.24) is 0 Å². The summed E-state index contributed by atoms with van der Waals surface area (Å²) in [5.74, 6) is -2.18. The van der Waals surface area contributed by atoms with E-state index < -0.39 is 40.2 Å². The van der Waals surface area contributed by atoms with Crippen LogP contribution >= 0.6 is 7.60 Å². The average molecular weight is 275 g/mol. The van der Waals surface area contributed by atoms with Crippen molar-refractivity contribution in [3.05, 3.63) is 0 Å². The van der Waals surface area contributed by atoms with E-state index in [2.05, 4.69) is 5.73 Å². The highest BCUT2D eigenvalue weighted by Crippen LogP contribution is 2.36. The highest BCUT2D eigenvalue weighted by molar-refractivity contribution is 7.97. The lowest BCUT2D eigenvalue weighted by molar-refractivity contribution is -0.481. The summed E-state index contributed by atoms with van der Waals surface area (Å²) < 4.78 is 32.8. The molecule has 0 bridgehead atoms. The van der Waals surface area contributed by atoms with Gasteiger partial charge in [-0.15, -0.1) is 0 Å². The van der Waals surface area contributed by atoms with Gasteiger partial charge in [0.15, 0.2) is 15.3 Å². The molecule has 0 aliphatic rings. The van der Waals surface area contributed by atoms with Crippen LogP contribution < -0.4 is 10.8 Å². The van der Waals surface area contributed by atoms with E-state index in [1.807, 2.05) is 0 Å². The monoisotopic (exact) mass is 275 g/mol. The van der Waals surface area contributed by atoms with Gasteiger partial charge in [0.25, 0.3) is 0 Å². The standard InChI is InChI=1S/C6H14NO7PS/c1-6(7,5(8)9)2-3-16(13,14)4-15(10,11)12/h2-4,7H2,1H3,(H,8,9)(H2,10,11,12). The number of sulfone groups is 1. The first-order chi connectivity index (χ1) is 6.86. The summed E-state index contributed by atoms with van der Waals surface area (Å²) >= 11 is 0. The molecule has 0 heterocycles. The molecule has 0 aliphatic carbocycles. The van der Waals surface area contributed by atoms with E-state index in [0.29, 0.717) is 0 Å². The smallest absolute Gasteiger partial charge is 0.340 e. The molecule has 0 rings (SSSR count). The second-order valence-electron chi connectivity index (χ2n) is 3.84. The Kier molecular flexibility index (Phi) is 4.66. The number of quaternary nitrogens is 1. The van der Waals surface area contributed by atoms with Gasteiger partial charge in [0.1, 0.15) is 11.5 Å². The Morgan fingerprint density at radius 1 is 1.50 bits per heavy atom. The highest BCUT2D eigenvalue weighted by Gasteiger charge is 2.30. The van der Waals surface area contributed by atoms with Gasteiger partial charge in [-0.25, -0.2) is 8.42 Å². The molecule has 16 heavy (non-hydrogen) atoms. The molecular formula is C6H14NO7PS. The normalized spacial score (nSPS) is 16.8. The van der Waals surface area contributed by atoms with E-state index in [0.717, 1.165) is 0 Å². The number of hydrogen-bond donors (Lipinski definition) is 3. The fourth-order valence-corrected chi connectivity index (χ4v) is 4.13. The van der Waals surface area contributed by atoms with Gasteiger partial charge in [-0.1, -0.05) is 0 Å². The molecule has 0 amide bonds. The lowest BCUT2D eigenvalue weighted by Gasteiger charge is -2.21. The molecule has 5 N–H and O–H groups in total. The van der Waals surface area contributed by atoms with Gasteiger partial charge >= 0.3 is 7.60 Å². The van der Waals surface area contributed by atoms with E-state index >= 15 is 0 Å². The minimum Gasteiger partial charge on any atom is -0.544 e. The summed E-state index contributed by atoms with van der Waals surface area (Å²) in [6.07, 6.45) is -0.363. The SMILES string of the molecule is CC([NH3+])(CCS(=O)(=O)CP(=O)(O)O)C(=O)[O-]. The Balaban J connectivity index is 4.54. The lowest BCUT2D eigenvalue weighted by Crippen LogP contribution is -2.78. The van der Waals surface area contributed by atoms with Gasteiger partial charge in [0.05, 0.1) is 5.75 Å². The Labute approximate surface area is 92.5 Å². The van der Waals surface area contributed by atoms with Gasteiger partial charge in [0, 0.05) is 6.42 Å². The minimum absolute atomic E-state index is 0.363. The molecule has 1 unspecified atom stereocenters. The van der Waals surface area contributed by atoms with Crippen molar-refractivity contribution in [2.24, 2.45) is 0 Å². The highest BCUT2D eigenvalue weighted by atomic mass is 32.2. The Hall–Kier alpha value is -0.470. The van der Waals surface area contributed by atoms with E-state index in [4.69, 9.17) is 9.79 Å². The molecule has 96 valence electrons. The van der Waals surface area contributed by atoms with Gasteiger partial charge in [-0.05, 0) is 6.92 Å². The van der Waals surface area contributed by atoms with E-state index in [1.165, 1.54) is 6.92 Å². The van der Waals surface area contributed by atoms with Crippen LogP contribution in [-0.4, -0.2) is 41.0 Å². The third-order valence-electron chi connectivity index (χ3n) is 1.82. The zero-order valence-corrected chi connectivity index (χ0v) is 10.3. The first-order valence-corrected chi connectivity index (χ1v) is 7.79. The predicted molar refractivity (Wildman–Crippen MR) is 51.6 cm³/mol. The maximum absolute atomic E-state index is 11.2. The molecule has 0 radical (unpaired) electrons. The number of carbonyl (C=O) groups excluding carboxylic acids is 1. The van der Waals surface area contributed by atoms with E-state index in [1.54, 1.807) is 0 Å². The predicted octanol–water partition coefficient (Wildman–Crippen LogP) is -3.32. The fraction of sp³-hybridized carbons (Fsp3) is 0.833. The van der Waals surface area contributed by atoms with E-state index in [9.17, 15) is 22.9 Å². The third-order valence-corrected chi connectivity index (χ3v) is 5.57. The van der Waals surface area contributed by atoms with Crippen LogP contribution in [-0.2, 0) is 19.2 Å². The van der Waals surface area contributed by atoms with Gasteiger partial charge in [-0.3, -0.25) is 4.57 Å². The molecule has 0 saturated heterocycles. The van der Waals surface area contributed by atoms with Crippen LogP contribution in [0, 0.1) is 0 Å². The zero-order valence-electron chi connectivity index (χ0n) is 8.62. The van der Waals surface area contributed by atoms with Crippen LogP contribution in [0.2, 0.25) is 0 Å². The van der Waals surface area contributed by atoms with Crippen molar-refractivity contribution >= 4 is 23.4 Å². The molecule has 1 atom stereocenters. The van der Waals surface area contributed by atoms with Crippen LogP contribution in [0.5, 0.6) is 0 Å². The fourth-order valence-electron chi connectivity index (χ4n) is 0.804. The molecule has 10 heteroatoms. The molecule has 0 aromatic carbocycles. The van der Waals surface area contributed by atoms with Gasteiger partial charge < -0.3 is 25.4 Å². The maximum Gasteiger partial charge on any atom is 0.340 e. The largest absolute Gasteiger partial charge is 0.544 e. The Bertz CT molecular complexity index is 409. The number of rotatable bonds is 6. The quantitative estimate of drug-likeness (QED) is 0.427. The van der Waals surface area contributed by atoms with E-state index in [-0.39, 0.29) is 6.42 Å². The topological polar surface area (TPSA) is 159 Å². The molecule has 8 nitrogen and oxygen atoms in total. The lowest BCUT2D eigenvalue weighted by atomic mass is 10.0. The van der Waals surface area contributed by atoms with Gasteiger partial charge in [0.2, 0.25) is 0 Å². The number of aliphatic carboxylic acids is 1. The molecular weight excluding hydrogens is 261 g/mol. The Morgan fingerprint density at radius 2 is 1.94 bits per heavy atom. The molecule has 0 aromatic rings. The van der Waals surface area contributed by atoms with Crippen LogP contribution in [0.4, 0.5) is 0 Å². The number of hydrogen-bond acceptors (Lipinski definition) is 5. The first kappa shape index (κ1) is 15.5. The average Bonchev–Trinajstić information content (AvgIpc) is 1.96.